The third-order valence-electron chi connectivity index (χ3n) is 2.39. The van der Waals surface area contributed by atoms with Gasteiger partial charge in [-0.25, -0.2) is 0 Å². The van der Waals surface area contributed by atoms with E-state index in [9.17, 15) is 4.79 Å². The van der Waals surface area contributed by atoms with Crippen molar-refractivity contribution in [3.63, 3.8) is 0 Å². The quantitative estimate of drug-likeness (QED) is 0.921. The number of carbonyl (C=O) groups excluding carboxylic acids is 1. The van der Waals surface area contributed by atoms with E-state index < -0.39 is 0 Å². The smallest absolute Gasteiger partial charge is 0.256 e. The maximum Gasteiger partial charge on any atom is 0.256 e. The van der Waals surface area contributed by atoms with Gasteiger partial charge in [-0.05, 0) is 46.6 Å². The number of nitrogens with one attached hydrogen (secondary N) is 1. The Bertz CT molecular complexity index is 555. The topological polar surface area (TPSA) is 42.0 Å². The highest BCUT2D eigenvalue weighted by Crippen LogP contribution is 2.22. The second-order valence-electron chi connectivity index (χ2n) is 3.62. The number of aromatic nitrogens is 1. The number of hydrogen-bond acceptors (Lipinski definition) is 2. The Kier molecular flexibility index (Phi) is 3.54. The van der Waals surface area contributed by atoms with Gasteiger partial charge in [-0.15, -0.1) is 0 Å². The number of para-hydroxylation sites is 1. The van der Waals surface area contributed by atoms with Crippen LogP contribution in [0.5, 0.6) is 0 Å². The number of anilines is 1. The maximum atomic E-state index is 12.0. The highest BCUT2D eigenvalue weighted by atomic mass is 79.9. The summed E-state index contributed by atoms with van der Waals surface area (Å²) in [6, 6.07) is 9.21. The average Bonchev–Trinajstić information content (AvgIpc) is 2.32. The van der Waals surface area contributed by atoms with Gasteiger partial charge < -0.3 is 5.32 Å². The minimum atomic E-state index is -0.128. The highest BCUT2D eigenvalue weighted by molar-refractivity contribution is 9.10. The van der Waals surface area contributed by atoms with Crippen LogP contribution in [0.3, 0.4) is 0 Å². The lowest BCUT2D eigenvalue weighted by Gasteiger charge is -2.08. The minimum absolute atomic E-state index is 0.128. The molecule has 0 aliphatic carbocycles. The first kappa shape index (κ1) is 11.8. The number of rotatable bonds is 2. The summed E-state index contributed by atoms with van der Waals surface area (Å²) in [4.78, 5) is 16.0. The van der Waals surface area contributed by atoms with E-state index in [1.807, 2.05) is 31.2 Å². The van der Waals surface area contributed by atoms with E-state index in [2.05, 4.69) is 26.2 Å². The Morgan fingerprint density at radius 3 is 2.76 bits per heavy atom. The summed E-state index contributed by atoms with van der Waals surface area (Å²) >= 11 is 3.39. The van der Waals surface area contributed by atoms with Gasteiger partial charge in [0.25, 0.3) is 5.91 Å². The first-order valence-electron chi connectivity index (χ1n) is 5.15. The standard InChI is InChI=1S/C13H11BrN2O/c1-9-8-15-7-6-10(9)13(17)16-12-5-3-2-4-11(12)14/h2-8H,1H3,(H,16,17). The lowest BCUT2D eigenvalue weighted by atomic mass is 10.1. The van der Waals surface area contributed by atoms with E-state index in [1.165, 1.54) is 0 Å². The van der Waals surface area contributed by atoms with Gasteiger partial charge in [0.05, 0.1) is 5.69 Å². The Labute approximate surface area is 108 Å². The summed E-state index contributed by atoms with van der Waals surface area (Å²) in [5, 5.41) is 2.85. The molecule has 1 aromatic heterocycles. The number of amides is 1. The number of aryl methyl sites for hydroxylation is 1. The van der Waals surface area contributed by atoms with Gasteiger partial charge in [-0.2, -0.15) is 0 Å². The van der Waals surface area contributed by atoms with Crippen molar-refractivity contribution in [2.45, 2.75) is 6.92 Å². The van der Waals surface area contributed by atoms with Crippen molar-refractivity contribution >= 4 is 27.5 Å². The number of nitrogens with zero attached hydrogens (tertiary/aromatic N) is 1. The molecule has 0 spiro atoms. The van der Waals surface area contributed by atoms with Gasteiger partial charge in [0.2, 0.25) is 0 Å². The Balaban J connectivity index is 2.24. The monoisotopic (exact) mass is 290 g/mol. The highest BCUT2D eigenvalue weighted by Gasteiger charge is 2.09. The SMILES string of the molecule is Cc1cnccc1C(=O)Nc1ccccc1Br. The molecule has 0 radical (unpaired) electrons. The van der Waals surface area contributed by atoms with E-state index in [0.717, 1.165) is 15.7 Å². The summed E-state index contributed by atoms with van der Waals surface area (Å²) in [7, 11) is 0. The van der Waals surface area contributed by atoms with Gasteiger partial charge in [-0.3, -0.25) is 9.78 Å². The van der Waals surface area contributed by atoms with Gasteiger partial charge in [0.15, 0.2) is 0 Å². The first-order valence-corrected chi connectivity index (χ1v) is 5.94. The third-order valence-corrected chi connectivity index (χ3v) is 3.08. The summed E-state index contributed by atoms with van der Waals surface area (Å²) < 4.78 is 0.861. The van der Waals surface area contributed by atoms with Crippen LogP contribution in [0.1, 0.15) is 15.9 Å². The summed E-state index contributed by atoms with van der Waals surface area (Å²) in [6.45, 7) is 1.86. The zero-order chi connectivity index (χ0) is 12.3. The van der Waals surface area contributed by atoms with Gasteiger partial charge in [-0.1, -0.05) is 12.1 Å². The average molecular weight is 291 g/mol. The third kappa shape index (κ3) is 2.71. The molecule has 1 heterocycles. The molecule has 0 aliphatic rings. The number of pyridine rings is 1. The molecule has 2 aromatic rings. The van der Waals surface area contributed by atoms with Crippen LogP contribution >= 0.6 is 15.9 Å². The minimum Gasteiger partial charge on any atom is -0.321 e. The van der Waals surface area contributed by atoms with Crippen LogP contribution in [0.4, 0.5) is 5.69 Å². The Morgan fingerprint density at radius 2 is 2.06 bits per heavy atom. The molecule has 0 atom stereocenters. The first-order chi connectivity index (χ1) is 8.18. The largest absolute Gasteiger partial charge is 0.321 e. The maximum absolute atomic E-state index is 12.0. The van der Waals surface area contributed by atoms with E-state index >= 15 is 0 Å². The second-order valence-corrected chi connectivity index (χ2v) is 4.48. The molecule has 0 fully saturated rings. The summed E-state index contributed by atoms with van der Waals surface area (Å²) in [5.74, 6) is -0.128. The zero-order valence-corrected chi connectivity index (χ0v) is 10.9. The molecule has 1 amide bonds. The molecule has 0 unspecified atom stereocenters. The van der Waals surface area contributed by atoms with Crippen LogP contribution in [0, 0.1) is 6.92 Å². The van der Waals surface area contributed by atoms with E-state index in [-0.39, 0.29) is 5.91 Å². The van der Waals surface area contributed by atoms with Gasteiger partial charge in [0.1, 0.15) is 0 Å². The molecule has 17 heavy (non-hydrogen) atoms. The molecule has 0 aliphatic heterocycles. The molecule has 0 bridgehead atoms. The van der Waals surface area contributed by atoms with Crippen molar-refractivity contribution in [3.05, 3.63) is 58.3 Å². The summed E-state index contributed by atoms with van der Waals surface area (Å²) in [6.07, 6.45) is 3.29. The van der Waals surface area contributed by atoms with Crippen molar-refractivity contribution < 1.29 is 4.79 Å². The predicted molar refractivity (Wildman–Crippen MR) is 71.1 cm³/mol. The van der Waals surface area contributed by atoms with Crippen LogP contribution in [0.15, 0.2) is 47.2 Å². The molecule has 0 saturated carbocycles. The van der Waals surface area contributed by atoms with Crippen LogP contribution in [-0.4, -0.2) is 10.9 Å². The van der Waals surface area contributed by atoms with Crippen molar-refractivity contribution in [2.75, 3.05) is 5.32 Å². The van der Waals surface area contributed by atoms with E-state index in [0.29, 0.717) is 5.56 Å². The van der Waals surface area contributed by atoms with Crippen molar-refractivity contribution in [2.24, 2.45) is 0 Å². The lowest BCUT2D eigenvalue weighted by molar-refractivity contribution is 0.102. The van der Waals surface area contributed by atoms with E-state index in [4.69, 9.17) is 0 Å². The fraction of sp³-hybridized carbons (Fsp3) is 0.0769. The number of benzene rings is 1. The summed E-state index contributed by atoms with van der Waals surface area (Å²) in [5.41, 5.74) is 2.25. The van der Waals surface area contributed by atoms with Gasteiger partial charge in [0, 0.05) is 22.4 Å². The molecule has 4 heteroatoms. The van der Waals surface area contributed by atoms with Crippen molar-refractivity contribution in [1.82, 2.24) is 4.98 Å². The second kappa shape index (κ2) is 5.10. The zero-order valence-electron chi connectivity index (χ0n) is 9.27. The fourth-order valence-electron chi connectivity index (χ4n) is 1.48. The van der Waals surface area contributed by atoms with Crippen LogP contribution in [0.25, 0.3) is 0 Å². The molecular weight excluding hydrogens is 280 g/mol. The van der Waals surface area contributed by atoms with Crippen molar-refractivity contribution in [3.8, 4) is 0 Å². The molecule has 86 valence electrons. The van der Waals surface area contributed by atoms with Crippen molar-refractivity contribution in [1.29, 1.82) is 0 Å². The van der Waals surface area contributed by atoms with Gasteiger partial charge >= 0.3 is 0 Å². The van der Waals surface area contributed by atoms with Crippen LogP contribution in [-0.2, 0) is 0 Å². The van der Waals surface area contributed by atoms with Crippen LogP contribution < -0.4 is 5.32 Å². The lowest BCUT2D eigenvalue weighted by Crippen LogP contribution is -2.13. The fourth-order valence-corrected chi connectivity index (χ4v) is 1.86. The molecule has 3 nitrogen and oxygen atoms in total. The molecular formula is C13H11BrN2O. The molecule has 1 N–H and O–H groups in total. The molecule has 1 aromatic carbocycles. The van der Waals surface area contributed by atoms with Crippen LogP contribution in [0.2, 0.25) is 0 Å². The number of hydrogen-bond donors (Lipinski definition) is 1. The Morgan fingerprint density at radius 1 is 1.29 bits per heavy atom. The molecule has 0 saturated heterocycles. The normalized spacial score (nSPS) is 10.0. The number of carbonyl (C=O) groups is 1. The predicted octanol–water partition coefficient (Wildman–Crippen LogP) is 3.40. The van der Waals surface area contributed by atoms with E-state index in [1.54, 1.807) is 18.5 Å². The molecule has 2 rings (SSSR count). The Hall–Kier alpha value is -1.68. The number of halogens is 1.